The maximum absolute atomic E-state index is 12.8. The summed E-state index contributed by atoms with van der Waals surface area (Å²) in [6.45, 7) is 4.37. The van der Waals surface area contributed by atoms with Crippen LogP contribution in [0.25, 0.3) is 0 Å². The Morgan fingerprint density at radius 3 is 2.36 bits per heavy atom. The molecule has 0 saturated heterocycles. The Morgan fingerprint density at radius 2 is 1.73 bits per heavy atom. The summed E-state index contributed by atoms with van der Waals surface area (Å²) in [7, 11) is 0. The monoisotopic (exact) mass is 300 g/mol. The zero-order chi connectivity index (χ0) is 15.8. The Bertz CT molecular complexity index is 584. The smallest absolute Gasteiger partial charge is 0.234 e. The van der Waals surface area contributed by atoms with Gasteiger partial charge in [-0.3, -0.25) is 9.69 Å². The number of likely N-dealkylation sites (N-methyl/N-ethyl adjacent to an activating group) is 1. The van der Waals surface area contributed by atoms with Gasteiger partial charge in [-0.05, 0) is 29.8 Å². The fourth-order valence-corrected chi connectivity index (χ4v) is 2.18. The zero-order valence-corrected chi connectivity index (χ0v) is 12.8. The molecular formula is C18H21FN2O. The van der Waals surface area contributed by atoms with Crippen LogP contribution < -0.4 is 5.32 Å². The second-order valence-corrected chi connectivity index (χ2v) is 5.19. The maximum Gasteiger partial charge on any atom is 0.234 e. The van der Waals surface area contributed by atoms with Crippen LogP contribution in [-0.4, -0.2) is 23.9 Å². The molecule has 2 aromatic rings. The molecule has 0 aromatic heterocycles. The molecule has 0 aliphatic carbocycles. The van der Waals surface area contributed by atoms with Crippen molar-refractivity contribution in [2.75, 3.05) is 13.1 Å². The summed E-state index contributed by atoms with van der Waals surface area (Å²) >= 11 is 0. The molecule has 0 radical (unpaired) electrons. The zero-order valence-electron chi connectivity index (χ0n) is 12.8. The fraction of sp³-hybridized carbons (Fsp3) is 0.278. The number of rotatable bonds is 7. The molecular weight excluding hydrogens is 279 g/mol. The molecule has 3 nitrogen and oxygen atoms in total. The van der Waals surface area contributed by atoms with E-state index in [-0.39, 0.29) is 11.7 Å². The molecule has 2 aromatic carbocycles. The van der Waals surface area contributed by atoms with Gasteiger partial charge in [0.1, 0.15) is 5.82 Å². The standard InChI is InChI=1S/C18H21FN2O/c1-2-21(13-16-6-4-3-5-7-16)14-18(22)20-12-15-8-10-17(19)11-9-15/h3-11H,2,12-14H2,1H3,(H,20,22). The summed E-state index contributed by atoms with van der Waals surface area (Å²) in [5.41, 5.74) is 2.08. The van der Waals surface area contributed by atoms with Gasteiger partial charge < -0.3 is 5.32 Å². The van der Waals surface area contributed by atoms with Crippen molar-refractivity contribution in [2.45, 2.75) is 20.0 Å². The van der Waals surface area contributed by atoms with Crippen molar-refractivity contribution in [1.29, 1.82) is 0 Å². The first-order valence-electron chi connectivity index (χ1n) is 7.45. The summed E-state index contributed by atoms with van der Waals surface area (Å²) in [5, 5.41) is 2.87. The van der Waals surface area contributed by atoms with E-state index >= 15 is 0 Å². The van der Waals surface area contributed by atoms with E-state index in [1.165, 1.54) is 17.7 Å². The number of carbonyl (C=O) groups is 1. The van der Waals surface area contributed by atoms with Gasteiger partial charge in [0.05, 0.1) is 6.54 Å². The normalized spacial score (nSPS) is 10.7. The predicted molar refractivity (Wildman–Crippen MR) is 85.6 cm³/mol. The minimum atomic E-state index is -0.268. The Balaban J connectivity index is 1.80. The number of nitrogens with one attached hydrogen (secondary N) is 1. The van der Waals surface area contributed by atoms with Crippen molar-refractivity contribution >= 4 is 5.91 Å². The van der Waals surface area contributed by atoms with Gasteiger partial charge in [0.15, 0.2) is 0 Å². The lowest BCUT2D eigenvalue weighted by Crippen LogP contribution is -2.36. The third-order valence-electron chi connectivity index (χ3n) is 3.47. The van der Waals surface area contributed by atoms with Crippen molar-refractivity contribution in [3.8, 4) is 0 Å². The summed E-state index contributed by atoms with van der Waals surface area (Å²) in [6.07, 6.45) is 0. The number of benzene rings is 2. The first-order chi connectivity index (χ1) is 10.7. The SMILES string of the molecule is CCN(CC(=O)NCc1ccc(F)cc1)Cc1ccccc1. The second kappa shape index (κ2) is 8.29. The van der Waals surface area contributed by atoms with Gasteiger partial charge in [0, 0.05) is 13.1 Å². The average molecular weight is 300 g/mol. The molecule has 4 heteroatoms. The molecule has 116 valence electrons. The Hall–Kier alpha value is -2.20. The molecule has 22 heavy (non-hydrogen) atoms. The van der Waals surface area contributed by atoms with Crippen molar-refractivity contribution < 1.29 is 9.18 Å². The van der Waals surface area contributed by atoms with E-state index in [2.05, 4.69) is 22.3 Å². The topological polar surface area (TPSA) is 32.3 Å². The maximum atomic E-state index is 12.8. The van der Waals surface area contributed by atoms with Crippen LogP contribution in [0.2, 0.25) is 0 Å². The van der Waals surface area contributed by atoms with E-state index in [0.29, 0.717) is 13.1 Å². The van der Waals surface area contributed by atoms with Gasteiger partial charge in [-0.15, -0.1) is 0 Å². The number of hydrogen-bond acceptors (Lipinski definition) is 2. The highest BCUT2D eigenvalue weighted by atomic mass is 19.1. The molecule has 0 fully saturated rings. The van der Waals surface area contributed by atoms with Gasteiger partial charge in [-0.2, -0.15) is 0 Å². The number of hydrogen-bond donors (Lipinski definition) is 1. The lowest BCUT2D eigenvalue weighted by molar-refractivity contribution is -0.122. The molecule has 0 saturated carbocycles. The number of carbonyl (C=O) groups excluding carboxylic acids is 1. The quantitative estimate of drug-likeness (QED) is 0.852. The lowest BCUT2D eigenvalue weighted by atomic mass is 10.2. The Labute approximate surface area is 130 Å². The first-order valence-corrected chi connectivity index (χ1v) is 7.45. The summed E-state index contributed by atoms with van der Waals surface area (Å²) in [6, 6.07) is 16.2. The van der Waals surface area contributed by atoms with Crippen molar-refractivity contribution in [1.82, 2.24) is 10.2 Å². The van der Waals surface area contributed by atoms with E-state index in [1.54, 1.807) is 12.1 Å². The fourth-order valence-electron chi connectivity index (χ4n) is 2.18. The van der Waals surface area contributed by atoms with Crippen LogP contribution >= 0.6 is 0 Å². The third-order valence-corrected chi connectivity index (χ3v) is 3.47. The molecule has 0 aliphatic heterocycles. The van der Waals surface area contributed by atoms with E-state index < -0.39 is 0 Å². The van der Waals surface area contributed by atoms with Crippen molar-refractivity contribution in [2.24, 2.45) is 0 Å². The molecule has 0 spiro atoms. The Morgan fingerprint density at radius 1 is 1.05 bits per heavy atom. The second-order valence-electron chi connectivity index (χ2n) is 5.19. The molecule has 0 atom stereocenters. The summed E-state index contributed by atoms with van der Waals surface area (Å²) in [5.74, 6) is -0.294. The van der Waals surface area contributed by atoms with Gasteiger partial charge >= 0.3 is 0 Å². The van der Waals surface area contributed by atoms with Gasteiger partial charge in [0.25, 0.3) is 0 Å². The largest absolute Gasteiger partial charge is 0.351 e. The predicted octanol–water partition coefficient (Wildman–Crippen LogP) is 2.96. The molecule has 1 amide bonds. The first kappa shape index (κ1) is 16.2. The van der Waals surface area contributed by atoms with Gasteiger partial charge in [-0.1, -0.05) is 49.4 Å². The number of halogens is 1. The average Bonchev–Trinajstić information content (AvgIpc) is 2.54. The van der Waals surface area contributed by atoms with Gasteiger partial charge in [-0.25, -0.2) is 4.39 Å². The molecule has 0 unspecified atom stereocenters. The van der Waals surface area contributed by atoms with Crippen molar-refractivity contribution in [3.05, 3.63) is 71.5 Å². The van der Waals surface area contributed by atoms with E-state index in [1.807, 2.05) is 25.1 Å². The van der Waals surface area contributed by atoms with Crippen LogP contribution in [0, 0.1) is 5.82 Å². The van der Waals surface area contributed by atoms with Crippen LogP contribution in [0.15, 0.2) is 54.6 Å². The van der Waals surface area contributed by atoms with E-state index in [9.17, 15) is 9.18 Å². The number of nitrogens with zero attached hydrogens (tertiary/aromatic N) is 1. The van der Waals surface area contributed by atoms with E-state index in [4.69, 9.17) is 0 Å². The van der Waals surface area contributed by atoms with Crippen molar-refractivity contribution in [3.63, 3.8) is 0 Å². The molecule has 0 aliphatic rings. The number of amides is 1. The minimum absolute atomic E-state index is 0.0258. The summed E-state index contributed by atoms with van der Waals surface area (Å²) in [4.78, 5) is 14.1. The third kappa shape index (κ3) is 5.30. The van der Waals surface area contributed by atoms with Crippen LogP contribution in [0.5, 0.6) is 0 Å². The molecule has 0 heterocycles. The minimum Gasteiger partial charge on any atom is -0.351 e. The van der Waals surface area contributed by atoms with Gasteiger partial charge in [0.2, 0.25) is 5.91 Å². The highest BCUT2D eigenvalue weighted by Crippen LogP contribution is 2.04. The molecule has 2 rings (SSSR count). The molecule has 1 N–H and O–H groups in total. The van der Waals surface area contributed by atoms with Crippen LogP contribution in [0.1, 0.15) is 18.1 Å². The Kier molecular flexibility index (Phi) is 6.10. The van der Waals surface area contributed by atoms with Crippen LogP contribution in [0.3, 0.4) is 0 Å². The highest BCUT2D eigenvalue weighted by molar-refractivity contribution is 5.78. The van der Waals surface area contributed by atoms with Crippen LogP contribution in [-0.2, 0) is 17.9 Å². The summed E-state index contributed by atoms with van der Waals surface area (Å²) < 4.78 is 12.8. The highest BCUT2D eigenvalue weighted by Gasteiger charge is 2.09. The molecule has 0 bridgehead atoms. The van der Waals surface area contributed by atoms with Crippen LogP contribution in [0.4, 0.5) is 4.39 Å². The lowest BCUT2D eigenvalue weighted by Gasteiger charge is -2.20. The van der Waals surface area contributed by atoms with E-state index in [0.717, 1.165) is 18.7 Å².